The van der Waals surface area contributed by atoms with Crippen molar-refractivity contribution in [2.75, 3.05) is 18.6 Å². The molecule has 0 spiro atoms. The molecule has 0 N–H and O–H groups in total. The number of aromatic nitrogens is 5. The van der Waals surface area contributed by atoms with Crippen LogP contribution in [0.1, 0.15) is 11.3 Å². The van der Waals surface area contributed by atoms with Crippen LogP contribution >= 0.6 is 11.6 Å². The number of hydrogen-bond donors (Lipinski definition) is 0. The van der Waals surface area contributed by atoms with E-state index in [1.54, 1.807) is 12.4 Å². The van der Waals surface area contributed by atoms with Gasteiger partial charge >= 0.3 is 6.01 Å². The molecule has 0 unspecified atom stereocenters. The van der Waals surface area contributed by atoms with Crippen molar-refractivity contribution in [3.8, 4) is 17.5 Å². The van der Waals surface area contributed by atoms with E-state index in [0.717, 1.165) is 29.9 Å². The maximum atomic E-state index is 6.26. The fourth-order valence-corrected chi connectivity index (χ4v) is 2.99. The third kappa shape index (κ3) is 3.10. The summed E-state index contributed by atoms with van der Waals surface area (Å²) < 4.78 is 5.10. The van der Waals surface area contributed by atoms with Crippen molar-refractivity contribution in [3.63, 3.8) is 0 Å². The number of pyridine rings is 1. The maximum Gasteiger partial charge on any atom is 0.318 e. The van der Waals surface area contributed by atoms with Gasteiger partial charge in [0.15, 0.2) is 11.6 Å². The predicted molar refractivity (Wildman–Crippen MR) is 93.6 cm³/mol. The summed E-state index contributed by atoms with van der Waals surface area (Å²) in [6.07, 6.45) is 5.93. The molecule has 4 rings (SSSR count). The number of rotatable bonds is 3. The quantitative estimate of drug-likeness (QED) is 0.715. The summed E-state index contributed by atoms with van der Waals surface area (Å²) >= 11 is 6.26. The fraction of sp³-hybridized carbons (Fsp3) is 0.235. The number of halogens is 1. The van der Waals surface area contributed by atoms with Gasteiger partial charge in [-0.05, 0) is 12.1 Å². The van der Waals surface area contributed by atoms with Gasteiger partial charge in [-0.3, -0.25) is 4.98 Å². The van der Waals surface area contributed by atoms with Crippen LogP contribution in [0, 0.1) is 0 Å². The average molecular weight is 355 g/mol. The van der Waals surface area contributed by atoms with E-state index in [1.165, 1.54) is 7.11 Å². The lowest BCUT2D eigenvalue weighted by Gasteiger charge is -2.29. The Kier molecular flexibility index (Phi) is 4.15. The highest BCUT2D eigenvalue weighted by atomic mass is 35.5. The molecule has 0 saturated carbocycles. The number of anilines is 1. The van der Waals surface area contributed by atoms with Crippen molar-refractivity contribution in [1.29, 1.82) is 0 Å². The largest absolute Gasteiger partial charge is 0.467 e. The molecule has 7 nitrogen and oxygen atoms in total. The third-order valence-corrected chi connectivity index (χ3v) is 4.28. The van der Waals surface area contributed by atoms with Crippen molar-refractivity contribution in [1.82, 2.24) is 24.9 Å². The molecule has 0 aliphatic carbocycles. The van der Waals surface area contributed by atoms with Crippen molar-refractivity contribution in [2.45, 2.75) is 13.0 Å². The molecule has 1 aliphatic rings. The van der Waals surface area contributed by atoms with E-state index >= 15 is 0 Å². The van der Waals surface area contributed by atoms with Gasteiger partial charge in [0.2, 0.25) is 0 Å². The molecule has 126 valence electrons. The molecule has 8 heteroatoms. The number of nitrogens with zero attached hydrogens (tertiary/aromatic N) is 6. The summed E-state index contributed by atoms with van der Waals surface area (Å²) in [5, 5.41) is 0.496. The lowest BCUT2D eigenvalue weighted by Crippen LogP contribution is -2.32. The number of methoxy groups -OCH3 is 1. The summed E-state index contributed by atoms with van der Waals surface area (Å²) in [5.41, 5.74) is 2.86. The molecule has 1 aliphatic heterocycles. The van der Waals surface area contributed by atoms with Crippen molar-refractivity contribution >= 4 is 17.4 Å². The van der Waals surface area contributed by atoms with Crippen LogP contribution in [0.15, 0.2) is 36.8 Å². The lowest BCUT2D eigenvalue weighted by molar-refractivity contribution is 0.379. The Morgan fingerprint density at radius 2 is 2.04 bits per heavy atom. The average Bonchev–Trinajstić information content (AvgIpc) is 2.68. The summed E-state index contributed by atoms with van der Waals surface area (Å²) in [6.45, 7) is 1.39. The van der Waals surface area contributed by atoms with E-state index in [4.69, 9.17) is 16.3 Å². The monoisotopic (exact) mass is 354 g/mol. The highest BCUT2D eigenvalue weighted by molar-refractivity contribution is 6.32. The van der Waals surface area contributed by atoms with Gasteiger partial charge in [-0.1, -0.05) is 17.7 Å². The molecule has 0 atom stereocenters. The van der Waals surface area contributed by atoms with Gasteiger partial charge in [-0.15, -0.1) is 0 Å². The van der Waals surface area contributed by atoms with Gasteiger partial charge in [0.05, 0.1) is 19.0 Å². The van der Waals surface area contributed by atoms with Gasteiger partial charge in [0.25, 0.3) is 0 Å². The van der Waals surface area contributed by atoms with Crippen molar-refractivity contribution < 1.29 is 4.74 Å². The Hall–Kier alpha value is -2.80. The first-order chi connectivity index (χ1) is 12.2. The van der Waals surface area contributed by atoms with Gasteiger partial charge in [0, 0.05) is 37.5 Å². The Labute approximate surface area is 149 Å². The maximum absolute atomic E-state index is 6.26. The first-order valence-electron chi connectivity index (χ1n) is 7.82. The molecular weight excluding hydrogens is 340 g/mol. The van der Waals surface area contributed by atoms with E-state index in [0.29, 0.717) is 29.2 Å². The highest BCUT2D eigenvalue weighted by Crippen LogP contribution is 2.29. The van der Waals surface area contributed by atoms with Crippen molar-refractivity contribution in [2.24, 2.45) is 0 Å². The van der Waals surface area contributed by atoms with Gasteiger partial charge < -0.3 is 9.64 Å². The Bertz CT molecular complexity index is 905. The van der Waals surface area contributed by atoms with Gasteiger partial charge in [-0.25, -0.2) is 15.0 Å². The van der Waals surface area contributed by atoms with Crippen LogP contribution in [0.3, 0.4) is 0 Å². The molecule has 3 aromatic heterocycles. The topological polar surface area (TPSA) is 76.9 Å². The molecule has 25 heavy (non-hydrogen) atoms. The van der Waals surface area contributed by atoms with Crippen LogP contribution in [0.4, 0.5) is 5.82 Å². The second-order valence-corrected chi connectivity index (χ2v) is 5.99. The van der Waals surface area contributed by atoms with E-state index in [1.807, 2.05) is 24.4 Å². The van der Waals surface area contributed by atoms with E-state index in [2.05, 4.69) is 29.8 Å². The number of fused-ring (bicyclic) bond motifs is 1. The minimum Gasteiger partial charge on any atom is -0.467 e. The number of ether oxygens (including phenoxy) is 1. The van der Waals surface area contributed by atoms with Crippen LogP contribution < -0.4 is 9.64 Å². The molecule has 0 radical (unpaired) electrons. The zero-order valence-corrected chi connectivity index (χ0v) is 14.3. The summed E-state index contributed by atoms with van der Waals surface area (Å²) in [7, 11) is 1.53. The first kappa shape index (κ1) is 15.7. The van der Waals surface area contributed by atoms with E-state index in [9.17, 15) is 0 Å². The van der Waals surface area contributed by atoms with Gasteiger partial charge in [-0.2, -0.15) is 4.98 Å². The van der Waals surface area contributed by atoms with Crippen LogP contribution in [0.25, 0.3) is 11.5 Å². The smallest absolute Gasteiger partial charge is 0.318 e. The summed E-state index contributed by atoms with van der Waals surface area (Å²) in [4.78, 5) is 23.9. The molecular formula is C17H15ClN6O. The summed E-state index contributed by atoms with van der Waals surface area (Å²) in [5.74, 6) is 1.31. The Morgan fingerprint density at radius 1 is 1.12 bits per heavy atom. The SMILES string of the molecule is COc1ncc(Cl)c(N2CCc3nc(-c4ccccn4)ncc3C2)n1. The minimum atomic E-state index is 0.298. The van der Waals surface area contributed by atoms with E-state index < -0.39 is 0 Å². The minimum absolute atomic E-state index is 0.298. The molecule has 0 saturated heterocycles. The molecule has 3 aromatic rings. The molecule has 0 fully saturated rings. The van der Waals surface area contributed by atoms with Crippen LogP contribution in [0.5, 0.6) is 6.01 Å². The third-order valence-electron chi connectivity index (χ3n) is 4.01. The predicted octanol–water partition coefficient (Wildman–Crippen LogP) is 2.55. The molecule has 0 bridgehead atoms. The van der Waals surface area contributed by atoms with E-state index in [-0.39, 0.29) is 0 Å². The second-order valence-electron chi connectivity index (χ2n) is 5.58. The fourth-order valence-electron chi connectivity index (χ4n) is 2.78. The highest BCUT2D eigenvalue weighted by Gasteiger charge is 2.22. The van der Waals surface area contributed by atoms with Crippen molar-refractivity contribution in [3.05, 3.63) is 53.1 Å². The summed E-state index contributed by atoms with van der Waals surface area (Å²) in [6, 6.07) is 6.01. The van der Waals surface area contributed by atoms with Crippen LogP contribution in [0.2, 0.25) is 5.02 Å². The Balaban J connectivity index is 1.62. The molecule has 0 amide bonds. The van der Waals surface area contributed by atoms with Crippen LogP contribution in [-0.4, -0.2) is 38.6 Å². The van der Waals surface area contributed by atoms with Gasteiger partial charge in [0.1, 0.15) is 10.7 Å². The number of hydrogen-bond acceptors (Lipinski definition) is 7. The standard InChI is InChI=1S/C17H15ClN6O/c1-25-17-21-9-12(18)16(23-17)24-7-5-13-11(10-24)8-20-15(22-13)14-4-2-3-6-19-14/h2-4,6,8-9H,5,7,10H2,1H3. The molecule has 0 aromatic carbocycles. The van der Waals surface area contributed by atoms with Crippen LogP contribution in [-0.2, 0) is 13.0 Å². The first-order valence-corrected chi connectivity index (χ1v) is 8.20. The normalized spacial score (nSPS) is 13.4. The second kappa shape index (κ2) is 6.60. The Morgan fingerprint density at radius 3 is 2.84 bits per heavy atom. The zero-order chi connectivity index (χ0) is 17.2. The molecule has 4 heterocycles. The lowest BCUT2D eigenvalue weighted by atomic mass is 10.1. The zero-order valence-electron chi connectivity index (χ0n) is 13.6.